The molecule has 1 saturated carbocycles. The number of imidazole rings is 1. The van der Waals surface area contributed by atoms with Gasteiger partial charge in [0.15, 0.2) is 0 Å². The van der Waals surface area contributed by atoms with Crippen LogP contribution in [0.5, 0.6) is 0 Å². The number of amides is 1. The summed E-state index contributed by atoms with van der Waals surface area (Å²) in [5.74, 6) is -0.0173. The van der Waals surface area contributed by atoms with Gasteiger partial charge in [-0.25, -0.2) is 4.98 Å². The molecule has 1 heterocycles. The lowest BCUT2D eigenvalue weighted by molar-refractivity contribution is -0.120. The van der Waals surface area contributed by atoms with Crippen LogP contribution in [0.2, 0.25) is 0 Å². The van der Waals surface area contributed by atoms with Crippen LogP contribution in [0.4, 0.5) is 5.69 Å². The molecule has 1 aliphatic rings. The Morgan fingerprint density at radius 1 is 1.53 bits per heavy atom. The molecule has 2 aromatic rings. The van der Waals surface area contributed by atoms with E-state index in [0.717, 1.165) is 29.6 Å². The van der Waals surface area contributed by atoms with Crippen LogP contribution in [0.25, 0.3) is 11.0 Å². The van der Waals surface area contributed by atoms with Gasteiger partial charge in [-0.3, -0.25) is 4.79 Å². The Hall–Kier alpha value is -1.88. The van der Waals surface area contributed by atoms with Gasteiger partial charge in [-0.2, -0.15) is 0 Å². The molecular weight excluding hydrogens is 216 g/mol. The van der Waals surface area contributed by atoms with Crippen molar-refractivity contribution in [3.63, 3.8) is 0 Å². The average Bonchev–Trinajstić information content (AvgIpc) is 2.93. The van der Waals surface area contributed by atoms with E-state index in [9.17, 15) is 4.79 Å². The number of likely N-dealkylation sites (N-methyl/N-ethyl adjacent to an activating group) is 1. The third-order valence-electron chi connectivity index (χ3n) is 3.31. The van der Waals surface area contributed by atoms with Crippen LogP contribution in [-0.2, 0) is 4.79 Å². The SMILES string of the molecule is CN(C(=O)C1(N)CC1)c1ccc2nc[nH]c2c1. The van der Waals surface area contributed by atoms with Crippen molar-refractivity contribution in [3.8, 4) is 0 Å². The highest BCUT2D eigenvalue weighted by molar-refractivity contribution is 6.02. The maximum absolute atomic E-state index is 12.1. The smallest absolute Gasteiger partial charge is 0.246 e. The molecule has 1 aromatic carbocycles. The van der Waals surface area contributed by atoms with E-state index in [4.69, 9.17) is 5.73 Å². The molecule has 3 N–H and O–H groups in total. The second-order valence-electron chi connectivity index (χ2n) is 4.62. The van der Waals surface area contributed by atoms with Gasteiger partial charge < -0.3 is 15.6 Å². The normalized spacial score (nSPS) is 17.1. The molecule has 0 unspecified atom stereocenters. The fraction of sp³-hybridized carbons (Fsp3) is 0.333. The largest absolute Gasteiger partial charge is 0.345 e. The molecule has 1 aliphatic carbocycles. The Morgan fingerprint density at radius 3 is 3.00 bits per heavy atom. The maximum atomic E-state index is 12.1. The lowest BCUT2D eigenvalue weighted by Crippen LogP contribution is -2.43. The van der Waals surface area contributed by atoms with E-state index in [1.54, 1.807) is 18.3 Å². The van der Waals surface area contributed by atoms with Gasteiger partial charge in [-0.05, 0) is 31.0 Å². The molecule has 0 radical (unpaired) electrons. The maximum Gasteiger partial charge on any atom is 0.246 e. The van der Waals surface area contributed by atoms with Crippen LogP contribution < -0.4 is 10.6 Å². The lowest BCUT2D eigenvalue weighted by atomic mass is 10.2. The molecule has 5 nitrogen and oxygen atoms in total. The van der Waals surface area contributed by atoms with Crippen molar-refractivity contribution < 1.29 is 4.79 Å². The van der Waals surface area contributed by atoms with E-state index in [-0.39, 0.29) is 5.91 Å². The van der Waals surface area contributed by atoms with Crippen molar-refractivity contribution in [1.82, 2.24) is 9.97 Å². The zero-order chi connectivity index (χ0) is 12.0. The quantitative estimate of drug-likeness (QED) is 0.808. The summed E-state index contributed by atoms with van der Waals surface area (Å²) in [7, 11) is 1.76. The van der Waals surface area contributed by atoms with E-state index < -0.39 is 5.54 Å². The minimum atomic E-state index is -0.627. The molecule has 1 amide bonds. The van der Waals surface area contributed by atoms with Crippen LogP contribution in [0.15, 0.2) is 24.5 Å². The Bertz CT molecular complexity index is 585. The number of hydrogen-bond donors (Lipinski definition) is 2. The number of benzene rings is 1. The third kappa shape index (κ3) is 1.59. The van der Waals surface area contributed by atoms with Crippen molar-refractivity contribution in [3.05, 3.63) is 24.5 Å². The van der Waals surface area contributed by atoms with Crippen molar-refractivity contribution in [2.75, 3.05) is 11.9 Å². The summed E-state index contributed by atoms with van der Waals surface area (Å²) >= 11 is 0. The van der Waals surface area contributed by atoms with Crippen molar-refractivity contribution in [2.24, 2.45) is 5.73 Å². The monoisotopic (exact) mass is 230 g/mol. The molecule has 0 spiro atoms. The molecule has 0 aliphatic heterocycles. The summed E-state index contributed by atoms with van der Waals surface area (Å²) in [4.78, 5) is 20.9. The first-order chi connectivity index (χ1) is 8.10. The minimum Gasteiger partial charge on any atom is -0.345 e. The number of nitrogens with two attached hydrogens (primary N) is 1. The number of H-pyrrole nitrogens is 1. The molecular formula is C12H14N4O. The topological polar surface area (TPSA) is 75.0 Å². The predicted octanol–water partition coefficient (Wildman–Crippen LogP) is 1.02. The van der Waals surface area contributed by atoms with Gasteiger partial charge in [0.2, 0.25) is 5.91 Å². The number of nitrogens with one attached hydrogen (secondary N) is 1. The highest BCUT2D eigenvalue weighted by Gasteiger charge is 2.47. The van der Waals surface area contributed by atoms with Crippen molar-refractivity contribution >= 4 is 22.6 Å². The number of carbonyl (C=O) groups is 1. The molecule has 0 saturated heterocycles. The lowest BCUT2D eigenvalue weighted by Gasteiger charge is -2.20. The molecule has 88 valence electrons. The Kier molecular flexibility index (Phi) is 2.00. The van der Waals surface area contributed by atoms with Gasteiger partial charge in [0.25, 0.3) is 0 Å². The van der Waals surface area contributed by atoms with Gasteiger partial charge in [-0.15, -0.1) is 0 Å². The summed E-state index contributed by atoms with van der Waals surface area (Å²) in [5, 5.41) is 0. The number of hydrogen-bond acceptors (Lipinski definition) is 3. The number of rotatable bonds is 2. The number of aromatic amines is 1. The van der Waals surface area contributed by atoms with E-state index in [0.29, 0.717) is 0 Å². The van der Waals surface area contributed by atoms with E-state index >= 15 is 0 Å². The molecule has 0 atom stereocenters. The molecule has 1 aromatic heterocycles. The number of nitrogens with zero attached hydrogens (tertiary/aromatic N) is 2. The highest BCUT2D eigenvalue weighted by Crippen LogP contribution is 2.35. The van der Waals surface area contributed by atoms with Gasteiger partial charge in [-0.1, -0.05) is 0 Å². The van der Waals surface area contributed by atoms with Crippen molar-refractivity contribution in [2.45, 2.75) is 18.4 Å². The standard InChI is InChI=1S/C12H14N4O/c1-16(11(17)12(13)4-5-12)8-2-3-9-10(6-8)15-7-14-9/h2-3,6-7H,4-5,13H2,1H3,(H,14,15). The van der Waals surface area contributed by atoms with E-state index in [1.807, 2.05) is 18.2 Å². The summed E-state index contributed by atoms with van der Waals surface area (Å²) in [6.45, 7) is 0. The summed E-state index contributed by atoms with van der Waals surface area (Å²) in [6.07, 6.45) is 3.20. The van der Waals surface area contributed by atoms with Crippen molar-refractivity contribution in [1.29, 1.82) is 0 Å². The fourth-order valence-corrected chi connectivity index (χ4v) is 1.93. The second-order valence-corrected chi connectivity index (χ2v) is 4.62. The van der Waals surface area contributed by atoms with Gasteiger partial charge >= 0.3 is 0 Å². The molecule has 3 rings (SSSR count). The van der Waals surface area contributed by atoms with Crippen LogP contribution >= 0.6 is 0 Å². The Labute approximate surface area is 98.6 Å². The molecule has 5 heteroatoms. The van der Waals surface area contributed by atoms with Gasteiger partial charge in [0.1, 0.15) is 0 Å². The molecule has 1 fully saturated rings. The fourth-order valence-electron chi connectivity index (χ4n) is 1.93. The molecule has 0 bridgehead atoms. The van der Waals surface area contributed by atoms with Crippen LogP contribution in [0.3, 0.4) is 0 Å². The molecule has 17 heavy (non-hydrogen) atoms. The Morgan fingerprint density at radius 2 is 2.29 bits per heavy atom. The number of carbonyl (C=O) groups excluding carboxylic acids is 1. The minimum absolute atomic E-state index is 0.0173. The average molecular weight is 230 g/mol. The van der Waals surface area contributed by atoms with E-state index in [2.05, 4.69) is 9.97 Å². The first-order valence-electron chi connectivity index (χ1n) is 5.60. The van der Waals surface area contributed by atoms with Crippen LogP contribution in [0, 0.1) is 0 Å². The summed E-state index contributed by atoms with van der Waals surface area (Å²) in [5.41, 5.74) is 7.93. The van der Waals surface area contributed by atoms with Gasteiger partial charge in [0.05, 0.1) is 22.9 Å². The van der Waals surface area contributed by atoms with Crippen LogP contribution in [-0.4, -0.2) is 28.5 Å². The third-order valence-corrected chi connectivity index (χ3v) is 3.31. The summed E-state index contributed by atoms with van der Waals surface area (Å²) in [6, 6.07) is 5.68. The zero-order valence-corrected chi connectivity index (χ0v) is 9.60. The number of anilines is 1. The summed E-state index contributed by atoms with van der Waals surface area (Å²) < 4.78 is 0. The predicted molar refractivity (Wildman–Crippen MR) is 65.7 cm³/mol. The van der Waals surface area contributed by atoms with Crippen LogP contribution in [0.1, 0.15) is 12.8 Å². The Balaban J connectivity index is 1.94. The first-order valence-corrected chi connectivity index (χ1v) is 5.60. The second kappa shape index (κ2) is 3.30. The highest BCUT2D eigenvalue weighted by atomic mass is 16.2. The van der Waals surface area contributed by atoms with Gasteiger partial charge in [0, 0.05) is 12.7 Å². The number of fused-ring (bicyclic) bond motifs is 1. The first kappa shape index (κ1) is 10.3. The van der Waals surface area contributed by atoms with E-state index in [1.165, 1.54) is 0 Å². The number of aromatic nitrogens is 2. The zero-order valence-electron chi connectivity index (χ0n) is 9.60.